The first-order valence-electron chi connectivity index (χ1n) is 7.99. The number of hydrogen-bond acceptors (Lipinski definition) is 3. The summed E-state index contributed by atoms with van der Waals surface area (Å²) < 4.78 is 5.81. The summed E-state index contributed by atoms with van der Waals surface area (Å²) >= 11 is 0. The molecule has 0 spiro atoms. The van der Waals surface area contributed by atoms with Crippen LogP contribution in [0.25, 0.3) is 0 Å². The molecule has 2 aromatic rings. The lowest BCUT2D eigenvalue weighted by molar-refractivity contribution is -0.140. The Kier molecular flexibility index (Phi) is 6.79. The van der Waals surface area contributed by atoms with Gasteiger partial charge in [0.2, 0.25) is 5.91 Å². The maximum atomic E-state index is 12.6. The number of nitrogens with zero attached hydrogens (tertiary/aromatic N) is 1. The lowest BCUT2D eigenvalue weighted by atomic mass is 10.0. The van der Waals surface area contributed by atoms with Gasteiger partial charge in [-0.2, -0.15) is 0 Å². The first kappa shape index (κ1) is 18.5. The summed E-state index contributed by atoms with van der Waals surface area (Å²) in [4.78, 5) is 14.5. The van der Waals surface area contributed by atoms with Gasteiger partial charge in [-0.15, -0.1) is 12.4 Å². The normalized spacial score (nSPS) is 18.5. The van der Waals surface area contributed by atoms with Crippen LogP contribution >= 0.6 is 12.4 Å². The van der Waals surface area contributed by atoms with E-state index in [0.29, 0.717) is 26.1 Å². The molecule has 0 radical (unpaired) electrons. The fourth-order valence-electron chi connectivity index (χ4n) is 2.91. The Hall–Kier alpha value is -1.88. The highest BCUT2D eigenvalue weighted by molar-refractivity contribution is 5.85. The van der Waals surface area contributed by atoms with Crippen LogP contribution in [0.3, 0.4) is 0 Å². The van der Waals surface area contributed by atoms with Crippen molar-refractivity contribution in [2.45, 2.75) is 18.6 Å². The molecule has 1 amide bonds. The molecule has 0 aromatic heterocycles. The highest BCUT2D eigenvalue weighted by Crippen LogP contribution is 2.22. The van der Waals surface area contributed by atoms with E-state index in [1.54, 1.807) is 0 Å². The average molecular weight is 347 g/mol. The Morgan fingerprint density at radius 2 is 1.75 bits per heavy atom. The minimum absolute atomic E-state index is 0. The van der Waals surface area contributed by atoms with E-state index in [9.17, 15) is 4.79 Å². The first-order chi connectivity index (χ1) is 11.2. The van der Waals surface area contributed by atoms with Gasteiger partial charge >= 0.3 is 0 Å². The molecule has 24 heavy (non-hydrogen) atoms. The molecule has 3 rings (SSSR count). The summed E-state index contributed by atoms with van der Waals surface area (Å²) in [6.45, 7) is 1.71. The van der Waals surface area contributed by atoms with Crippen LogP contribution in [-0.2, 0) is 16.0 Å². The van der Waals surface area contributed by atoms with Gasteiger partial charge in [0.25, 0.3) is 0 Å². The smallest absolute Gasteiger partial charge is 0.240 e. The van der Waals surface area contributed by atoms with Crippen LogP contribution in [-0.4, -0.2) is 36.5 Å². The van der Waals surface area contributed by atoms with Gasteiger partial charge < -0.3 is 15.4 Å². The molecule has 5 heteroatoms. The molecular weight excluding hydrogens is 324 g/mol. The maximum Gasteiger partial charge on any atom is 0.240 e. The van der Waals surface area contributed by atoms with Crippen LogP contribution in [0.4, 0.5) is 0 Å². The van der Waals surface area contributed by atoms with E-state index < -0.39 is 6.04 Å². The van der Waals surface area contributed by atoms with Gasteiger partial charge in [0, 0.05) is 6.54 Å². The van der Waals surface area contributed by atoms with E-state index in [1.165, 1.54) is 0 Å². The van der Waals surface area contributed by atoms with Gasteiger partial charge in [-0.25, -0.2) is 0 Å². The molecule has 0 saturated carbocycles. The van der Waals surface area contributed by atoms with Crippen LogP contribution < -0.4 is 5.73 Å². The van der Waals surface area contributed by atoms with E-state index in [0.717, 1.165) is 11.1 Å². The Morgan fingerprint density at radius 1 is 1.12 bits per heavy atom. The van der Waals surface area contributed by atoms with Crippen molar-refractivity contribution in [1.82, 2.24) is 4.90 Å². The number of rotatable bonds is 4. The third-order valence-corrected chi connectivity index (χ3v) is 4.17. The molecule has 1 fully saturated rings. The van der Waals surface area contributed by atoms with E-state index in [4.69, 9.17) is 10.5 Å². The Bertz CT molecular complexity index is 636. The standard InChI is InChI=1S/C19H22N2O2.ClH/c20-17(13-15-7-3-1-4-8-15)19(22)21-11-12-23-18(14-21)16-9-5-2-6-10-16;/h1-10,17-18H,11-14,20H2;1H. The SMILES string of the molecule is Cl.NC(Cc1ccccc1)C(=O)N1CCOC(c2ccccc2)C1. The van der Waals surface area contributed by atoms with Crippen LogP contribution in [0.15, 0.2) is 60.7 Å². The first-order valence-corrected chi connectivity index (χ1v) is 7.99. The zero-order chi connectivity index (χ0) is 16.1. The molecule has 1 aliphatic heterocycles. The fraction of sp³-hybridized carbons (Fsp3) is 0.316. The summed E-state index contributed by atoms with van der Waals surface area (Å²) in [5, 5.41) is 0. The molecule has 2 atom stereocenters. The predicted molar refractivity (Wildman–Crippen MR) is 97.1 cm³/mol. The zero-order valence-corrected chi connectivity index (χ0v) is 14.3. The molecule has 4 nitrogen and oxygen atoms in total. The van der Waals surface area contributed by atoms with Gasteiger partial charge in [0.15, 0.2) is 0 Å². The van der Waals surface area contributed by atoms with Gasteiger partial charge in [0.1, 0.15) is 6.10 Å². The summed E-state index contributed by atoms with van der Waals surface area (Å²) in [7, 11) is 0. The molecule has 1 aliphatic rings. The number of nitrogens with two attached hydrogens (primary N) is 1. The molecule has 0 bridgehead atoms. The average Bonchev–Trinajstić information content (AvgIpc) is 2.63. The number of ether oxygens (including phenoxy) is 1. The zero-order valence-electron chi connectivity index (χ0n) is 13.5. The van der Waals surface area contributed by atoms with Crippen molar-refractivity contribution >= 4 is 18.3 Å². The third kappa shape index (κ3) is 4.57. The number of amides is 1. The molecule has 2 N–H and O–H groups in total. The summed E-state index contributed by atoms with van der Waals surface area (Å²) in [5.41, 5.74) is 8.32. The van der Waals surface area contributed by atoms with E-state index in [2.05, 4.69) is 0 Å². The molecule has 2 aromatic carbocycles. The van der Waals surface area contributed by atoms with Crippen molar-refractivity contribution in [1.29, 1.82) is 0 Å². The van der Waals surface area contributed by atoms with Crippen molar-refractivity contribution in [3.63, 3.8) is 0 Å². The topological polar surface area (TPSA) is 55.6 Å². The number of hydrogen-bond donors (Lipinski definition) is 1. The predicted octanol–water partition coefficient (Wildman–Crippen LogP) is 2.58. The number of halogens is 1. The van der Waals surface area contributed by atoms with Crippen molar-refractivity contribution in [2.24, 2.45) is 5.73 Å². The summed E-state index contributed by atoms with van der Waals surface area (Å²) in [5.74, 6) is -0.00177. The van der Waals surface area contributed by atoms with E-state index in [-0.39, 0.29) is 24.4 Å². The Balaban J connectivity index is 0.00000208. The quantitative estimate of drug-likeness (QED) is 0.925. The second-order valence-corrected chi connectivity index (χ2v) is 5.85. The number of carbonyl (C=O) groups is 1. The Morgan fingerprint density at radius 3 is 2.42 bits per heavy atom. The van der Waals surface area contributed by atoms with Gasteiger partial charge in [-0.3, -0.25) is 4.79 Å². The second-order valence-electron chi connectivity index (χ2n) is 5.85. The monoisotopic (exact) mass is 346 g/mol. The highest BCUT2D eigenvalue weighted by atomic mass is 35.5. The number of benzene rings is 2. The minimum atomic E-state index is -0.507. The molecule has 1 heterocycles. The van der Waals surface area contributed by atoms with Crippen LogP contribution in [0.2, 0.25) is 0 Å². The summed E-state index contributed by atoms with van der Waals surface area (Å²) in [6.07, 6.45) is 0.491. The van der Waals surface area contributed by atoms with Crippen molar-refractivity contribution in [3.8, 4) is 0 Å². The molecule has 128 valence electrons. The maximum absolute atomic E-state index is 12.6. The molecule has 0 aliphatic carbocycles. The summed E-state index contributed by atoms with van der Waals surface area (Å²) in [6, 6.07) is 19.4. The Labute approximate surface area is 149 Å². The number of carbonyl (C=O) groups excluding carboxylic acids is 1. The molecule has 1 saturated heterocycles. The number of morpholine rings is 1. The fourth-order valence-corrected chi connectivity index (χ4v) is 2.91. The van der Waals surface area contributed by atoms with Crippen molar-refractivity contribution < 1.29 is 9.53 Å². The van der Waals surface area contributed by atoms with E-state index in [1.807, 2.05) is 65.6 Å². The van der Waals surface area contributed by atoms with Gasteiger partial charge in [-0.05, 0) is 17.5 Å². The van der Waals surface area contributed by atoms with Gasteiger partial charge in [0.05, 0.1) is 19.2 Å². The molecule has 2 unspecified atom stereocenters. The third-order valence-electron chi connectivity index (χ3n) is 4.17. The minimum Gasteiger partial charge on any atom is -0.370 e. The van der Waals surface area contributed by atoms with Crippen LogP contribution in [0, 0.1) is 0 Å². The van der Waals surface area contributed by atoms with E-state index >= 15 is 0 Å². The molecular formula is C19H23ClN2O2. The highest BCUT2D eigenvalue weighted by Gasteiger charge is 2.28. The van der Waals surface area contributed by atoms with Crippen molar-refractivity contribution in [2.75, 3.05) is 19.7 Å². The van der Waals surface area contributed by atoms with Crippen molar-refractivity contribution in [3.05, 3.63) is 71.8 Å². The van der Waals surface area contributed by atoms with Crippen LogP contribution in [0.5, 0.6) is 0 Å². The lowest BCUT2D eigenvalue weighted by Gasteiger charge is -2.34. The largest absolute Gasteiger partial charge is 0.370 e. The lowest BCUT2D eigenvalue weighted by Crippen LogP contribution is -2.50. The second kappa shape index (κ2) is 8.83. The van der Waals surface area contributed by atoms with Crippen LogP contribution in [0.1, 0.15) is 17.2 Å². The van der Waals surface area contributed by atoms with Gasteiger partial charge in [-0.1, -0.05) is 60.7 Å².